The Morgan fingerprint density at radius 1 is 1.03 bits per heavy atom. The van der Waals surface area contributed by atoms with Crippen LogP contribution in [0, 0.1) is 0 Å². The Balaban J connectivity index is 1.46. The lowest BCUT2D eigenvalue weighted by atomic mass is 10.1. The van der Waals surface area contributed by atoms with Crippen molar-refractivity contribution < 1.29 is 23.8 Å². The lowest BCUT2D eigenvalue weighted by Crippen LogP contribution is -2.30. The van der Waals surface area contributed by atoms with Crippen LogP contribution in [0.3, 0.4) is 0 Å². The molecule has 1 heterocycles. The molecule has 1 fully saturated rings. The van der Waals surface area contributed by atoms with Crippen molar-refractivity contribution in [2.45, 2.75) is 33.1 Å². The molecule has 0 aliphatic carbocycles. The first-order valence-corrected chi connectivity index (χ1v) is 10.8. The molecule has 2 amide bonds. The van der Waals surface area contributed by atoms with Crippen molar-refractivity contribution in [1.29, 1.82) is 0 Å². The molecule has 0 spiro atoms. The first-order valence-electron chi connectivity index (χ1n) is 10.8. The predicted octanol–water partition coefficient (Wildman–Crippen LogP) is 3.35. The summed E-state index contributed by atoms with van der Waals surface area (Å²) in [6, 6.07) is 13.1. The van der Waals surface area contributed by atoms with Crippen LogP contribution in [0.2, 0.25) is 0 Å². The van der Waals surface area contributed by atoms with Gasteiger partial charge in [-0.3, -0.25) is 9.59 Å². The standard InChI is InChI=1S/C24H30N2O5/c1-3-29-21-11-10-18(15-22(21)30-4-2)12-13-25-23(27)17-31-20-8-5-7-19(16-20)26-14-6-9-24(26)28/h5,7-8,10-11,15-16H,3-4,6,9,12-14,17H2,1-2H3,(H,25,27). The van der Waals surface area contributed by atoms with Crippen LogP contribution in [0.15, 0.2) is 42.5 Å². The molecule has 2 aromatic rings. The summed E-state index contributed by atoms with van der Waals surface area (Å²) in [6.07, 6.45) is 2.12. The molecule has 3 rings (SSSR count). The third-order valence-corrected chi connectivity index (χ3v) is 4.92. The van der Waals surface area contributed by atoms with E-state index >= 15 is 0 Å². The molecule has 2 aromatic carbocycles. The molecule has 0 aromatic heterocycles. The van der Waals surface area contributed by atoms with Crippen molar-refractivity contribution >= 4 is 17.5 Å². The van der Waals surface area contributed by atoms with Gasteiger partial charge in [0, 0.05) is 31.3 Å². The summed E-state index contributed by atoms with van der Waals surface area (Å²) >= 11 is 0. The minimum atomic E-state index is -0.196. The Bertz CT molecular complexity index is 899. The number of rotatable bonds is 11. The van der Waals surface area contributed by atoms with Gasteiger partial charge in [-0.1, -0.05) is 12.1 Å². The van der Waals surface area contributed by atoms with E-state index in [9.17, 15) is 9.59 Å². The van der Waals surface area contributed by atoms with Crippen LogP contribution in [-0.2, 0) is 16.0 Å². The molecule has 166 valence electrons. The van der Waals surface area contributed by atoms with Crippen LogP contribution in [0.5, 0.6) is 17.2 Å². The smallest absolute Gasteiger partial charge is 0.257 e. The van der Waals surface area contributed by atoms with Crippen LogP contribution in [0.1, 0.15) is 32.3 Å². The Kier molecular flexibility index (Phi) is 8.15. The zero-order valence-corrected chi connectivity index (χ0v) is 18.2. The van der Waals surface area contributed by atoms with Gasteiger partial charge in [0.05, 0.1) is 13.2 Å². The molecule has 0 saturated carbocycles. The van der Waals surface area contributed by atoms with Crippen molar-refractivity contribution in [3.63, 3.8) is 0 Å². The van der Waals surface area contributed by atoms with E-state index in [1.165, 1.54) is 0 Å². The number of ether oxygens (including phenoxy) is 3. The Labute approximate surface area is 183 Å². The second kappa shape index (κ2) is 11.2. The fourth-order valence-electron chi connectivity index (χ4n) is 3.46. The summed E-state index contributed by atoms with van der Waals surface area (Å²) < 4.78 is 16.8. The molecule has 1 aliphatic rings. The maximum atomic E-state index is 12.2. The molecule has 31 heavy (non-hydrogen) atoms. The monoisotopic (exact) mass is 426 g/mol. The van der Waals surface area contributed by atoms with Crippen molar-refractivity contribution in [1.82, 2.24) is 5.32 Å². The highest BCUT2D eigenvalue weighted by Crippen LogP contribution is 2.28. The number of hydrogen-bond donors (Lipinski definition) is 1. The molecular formula is C24H30N2O5. The van der Waals surface area contributed by atoms with E-state index in [0.29, 0.717) is 44.1 Å². The van der Waals surface area contributed by atoms with E-state index in [1.54, 1.807) is 17.0 Å². The maximum absolute atomic E-state index is 12.2. The van der Waals surface area contributed by atoms with Gasteiger partial charge in [-0.15, -0.1) is 0 Å². The van der Waals surface area contributed by atoms with Gasteiger partial charge >= 0.3 is 0 Å². The topological polar surface area (TPSA) is 77.1 Å². The zero-order valence-electron chi connectivity index (χ0n) is 18.2. The van der Waals surface area contributed by atoms with E-state index in [1.807, 2.05) is 44.2 Å². The van der Waals surface area contributed by atoms with E-state index in [0.717, 1.165) is 30.0 Å². The molecule has 7 heteroatoms. The Morgan fingerprint density at radius 2 is 1.84 bits per heavy atom. The van der Waals surface area contributed by atoms with Crippen molar-refractivity contribution in [2.24, 2.45) is 0 Å². The SMILES string of the molecule is CCOc1ccc(CCNC(=O)COc2cccc(N3CCCC3=O)c2)cc1OCC. The highest BCUT2D eigenvalue weighted by Gasteiger charge is 2.21. The van der Waals surface area contributed by atoms with E-state index in [2.05, 4.69) is 5.32 Å². The van der Waals surface area contributed by atoms with E-state index < -0.39 is 0 Å². The van der Waals surface area contributed by atoms with Crippen LogP contribution in [-0.4, -0.2) is 44.7 Å². The van der Waals surface area contributed by atoms with Gasteiger partial charge in [-0.05, 0) is 56.5 Å². The lowest BCUT2D eigenvalue weighted by molar-refractivity contribution is -0.123. The third-order valence-electron chi connectivity index (χ3n) is 4.92. The summed E-state index contributed by atoms with van der Waals surface area (Å²) in [5, 5.41) is 2.87. The highest BCUT2D eigenvalue weighted by atomic mass is 16.5. The molecule has 1 saturated heterocycles. The number of anilines is 1. The van der Waals surface area contributed by atoms with Gasteiger partial charge in [0.2, 0.25) is 5.91 Å². The van der Waals surface area contributed by atoms with E-state index in [-0.39, 0.29) is 18.4 Å². The van der Waals surface area contributed by atoms with Crippen LogP contribution in [0.4, 0.5) is 5.69 Å². The quantitative estimate of drug-likeness (QED) is 0.596. The van der Waals surface area contributed by atoms with Crippen molar-refractivity contribution in [3.8, 4) is 17.2 Å². The largest absolute Gasteiger partial charge is 0.490 e. The maximum Gasteiger partial charge on any atom is 0.257 e. The number of benzene rings is 2. The molecule has 1 aliphatic heterocycles. The number of nitrogens with zero attached hydrogens (tertiary/aromatic N) is 1. The predicted molar refractivity (Wildman–Crippen MR) is 119 cm³/mol. The fraction of sp³-hybridized carbons (Fsp3) is 0.417. The number of carbonyl (C=O) groups is 2. The molecule has 0 bridgehead atoms. The van der Waals surface area contributed by atoms with E-state index in [4.69, 9.17) is 14.2 Å². The molecule has 0 radical (unpaired) electrons. The van der Waals surface area contributed by atoms with Gasteiger partial charge < -0.3 is 24.4 Å². The first kappa shape index (κ1) is 22.5. The number of carbonyl (C=O) groups excluding carboxylic acids is 2. The van der Waals surface area contributed by atoms with Gasteiger partial charge in [-0.25, -0.2) is 0 Å². The number of hydrogen-bond acceptors (Lipinski definition) is 5. The van der Waals surface area contributed by atoms with Crippen LogP contribution >= 0.6 is 0 Å². The molecular weight excluding hydrogens is 396 g/mol. The summed E-state index contributed by atoms with van der Waals surface area (Å²) in [7, 11) is 0. The number of amides is 2. The van der Waals surface area contributed by atoms with Gasteiger partial charge in [0.25, 0.3) is 5.91 Å². The number of nitrogens with one attached hydrogen (secondary N) is 1. The Morgan fingerprint density at radius 3 is 2.58 bits per heavy atom. The third kappa shape index (κ3) is 6.38. The summed E-state index contributed by atoms with van der Waals surface area (Å²) in [6.45, 7) is 6.14. The average molecular weight is 427 g/mol. The second-order valence-electron chi connectivity index (χ2n) is 7.18. The normalized spacial score (nSPS) is 13.2. The molecule has 0 atom stereocenters. The fourth-order valence-corrected chi connectivity index (χ4v) is 3.46. The minimum Gasteiger partial charge on any atom is -0.490 e. The van der Waals surface area contributed by atoms with Gasteiger partial charge in [-0.2, -0.15) is 0 Å². The highest BCUT2D eigenvalue weighted by molar-refractivity contribution is 5.95. The molecule has 0 unspecified atom stereocenters. The average Bonchev–Trinajstić information content (AvgIpc) is 3.20. The van der Waals surface area contributed by atoms with Crippen molar-refractivity contribution in [2.75, 3.05) is 37.8 Å². The summed E-state index contributed by atoms with van der Waals surface area (Å²) in [5.41, 5.74) is 1.86. The van der Waals surface area contributed by atoms with Crippen LogP contribution in [0.25, 0.3) is 0 Å². The van der Waals surface area contributed by atoms with Crippen molar-refractivity contribution in [3.05, 3.63) is 48.0 Å². The molecule has 7 nitrogen and oxygen atoms in total. The lowest BCUT2D eigenvalue weighted by Gasteiger charge is -2.16. The first-order chi connectivity index (χ1) is 15.1. The van der Waals surface area contributed by atoms with Gasteiger partial charge in [0.1, 0.15) is 5.75 Å². The summed E-state index contributed by atoms with van der Waals surface area (Å²) in [4.78, 5) is 25.8. The Hall–Kier alpha value is -3.22. The van der Waals surface area contributed by atoms with Crippen LogP contribution < -0.4 is 24.4 Å². The second-order valence-corrected chi connectivity index (χ2v) is 7.18. The summed E-state index contributed by atoms with van der Waals surface area (Å²) in [5.74, 6) is 1.94. The minimum absolute atomic E-state index is 0.0785. The molecule has 1 N–H and O–H groups in total. The van der Waals surface area contributed by atoms with Gasteiger partial charge in [0.15, 0.2) is 18.1 Å². The zero-order chi connectivity index (χ0) is 22.1.